The van der Waals surface area contributed by atoms with Gasteiger partial charge in [-0.25, -0.2) is 4.79 Å². The van der Waals surface area contributed by atoms with Gasteiger partial charge in [-0.2, -0.15) is 0 Å². The number of aliphatic hydroxyl groups excluding tert-OH is 11. The summed E-state index contributed by atoms with van der Waals surface area (Å²) in [6.45, 7) is 2.20. The highest BCUT2D eigenvalue weighted by Gasteiger charge is 2.60. The lowest BCUT2D eigenvalue weighted by molar-refractivity contribution is -0.386. The number of ether oxygens (including phenoxy) is 6. The zero-order chi connectivity index (χ0) is 76.7. The van der Waals surface area contributed by atoms with Crippen LogP contribution in [0, 0.1) is 0 Å². The quantitative estimate of drug-likeness (QED) is 0.0199. The average Bonchev–Trinajstić information content (AvgIpc) is 0.755. The van der Waals surface area contributed by atoms with E-state index in [-0.39, 0.29) is 12.3 Å². The molecule has 0 aromatic heterocycles. The summed E-state index contributed by atoms with van der Waals surface area (Å²) in [6.07, 6.45) is 39.3. The maximum atomic E-state index is 13.6. The molecule has 0 aromatic carbocycles. The second kappa shape index (κ2) is 60.9. The minimum Gasteiger partial charge on any atom is -0.477 e. The molecule has 3 rings (SSSR count). The van der Waals surface area contributed by atoms with Crippen LogP contribution in [0.25, 0.3) is 0 Å². The molecule has 3 heterocycles. The van der Waals surface area contributed by atoms with Gasteiger partial charge in [0.25, 0.3) is 5.79 Å². The van der Waals surface area contributed by atoms with Crippen molar-refractivity contribution in [2.45, 2.75) is 452 Å². The summed E-state index contributed by atoms with van der Waals surface area (Å²) in [4.78, 5) is 38.7. The molecule has 3 fully saturated rings. The van der Waals surface area contributed by atoms with Crippen molar-refractivity contribution in [1.82, 2.24) is 10.6 Å². The number of aliphatic carboxylic acids is 1. The molecule has 0 saturated carbocycles. The zero-order valence-electron chi connectivity index (χ0n) is 65.3. The first kappa shape index (κ1) is 96.4. The molecule has 0 bridgehead atoms. The summed E-state index contributed by atoms with van der Waals surface area (Å²) < 4.78 is 34.9. The van der Waals surface area contributed by atoms with Crippen LogP contribution in [0.5, 0.6) is 0 Å². The third-order valence-electron chi connectivity index (χ3n) is 21.4. The van der Waals surface area contributed by atoms with Crippen molar-refractivity contribution in [3.05, 3.63) is 24.3 Å². The molecule has 3 aliphatic rings. The Morgan fingerprint density at radius 3 is 1.30 bits per heavy atom. The number of carboxylic acids is 1. The summed E-state index contributed by atoms with van der Waals surface area (Å²) in [5.74, 6) is -6.14. The van der Waals surface area contributed by atoms with E-state index in [9.17, 15) is 75.7 Å². The largest absolute Gasteiger partial charge is 0.477 e. The number of amides is 2. The number of allylic oxidation sites excluding steroid dienone is 3. The number of carboxylic acid groups (broad SMARTS) is 1. The van der Waals surface area contributed by atoms with E-state index in [2.05, 4.69) is 36.6 Å². The molecule has 105 heavy (non-hydrogen) atoms. The van der Waals surface area contributed by atoms with E-state index in [4.69, 9.17) is 28.4 Å². The molecule has 23 nitrogen and oxygen atoms in total. The lowest BCUT2D eigenvalue weighted by Gasteiger charge is -2.50. The van der Waals surface area contributed by atoms with Gasteiger partial charge in [0.2, 0.25) is 11.8 Å². The van der Waals surface area contributed by atoms with Gasteiger partial charge in [-0.05, 0) is 44.9 Å². The highest BCUT2D eigenvalue weighted by atomic mass is 16.8. The minimum atomic E-state index is -3.08. The smallest absolute Gasteiger partial charge is 0.364 e. The first-order chi connectivity index (χ1) is 50.9. The van der Waals surface area contributed by atoms with Gasteiger partial charge in [-0.15, -0.1) is 0 Å². The van der Waals surface area contributed by atoms with Crippen LogP contribution in [0.3, 0.4) is 0 Å². The van der Waals surface area contributed by atoms with Crippen LogP contribution < -0.4 is 10.6 Å². The first-order valence-electron chi connectivity index (χ1n) is 42.2. The molecule has 616 valence electrons. The van der Waals surface area contributed by atoms with Gasteiger partial charge in [-0.1, -0.05) is 301 Å². The highest BCUT2D eigenvalue weighted by molar-refractivity contribution is 5.77. The molecule has 0 aliphatic carbocycles. The van der Waals surface area contributed by atoms with Gasteiger partial charge in [0.1, 0.15) is 67.1 Å². The van der Waals surface area contributed by atoms with Crippen LogP contribution >= 0.6 is 0 Å². The zero-order valence-corrected chi connectivity index (χ0v) is 65.3. The second-order valence-corrected chi connectivity index (χ2v) is 30.7. The van der Waals surface area contributed by atoms with Crippen molar-refractivity contribution < 1.29 is 104 Å². The first-order valence-corrected chi connectivity index (χ1v) is 42.2. The summed E-state index contributed by atoms with van der Waals surface area (Å²) in [5, 5.41) is 137. The monoisotopic (exact) mass is 1500 g/mol. The molecule has 3 saturated heterocycles. The van der Waals surface area contributed by atoms with Gasteiger partial charge < -0.3 is 100 Å². The van der Waals surface area contributed by atoms with Crippen LogP contribution in [-0.2, 0) is 42.8 Å². The van der Waals surface area contributed by atoms with Crippen LogP contribution in [0.15, 0.2) is 24.3 Å². The predicted molar refractivity (Wildman–Crippen MR) is 408 cm³/mol. The molecule has 23 heteroatoms. The molecule has 18 atom stereocenters. The topological polar surface area (TPSA) is 373 Å². The molecule has 0 spiro atoms. The highest BCUT2D eigenvalue weighted by Crippen LogP contribution is 2.39. The Bertz CT molecular complexity index is 2180. The maximum absolute atomic E-state index is 13.6. The number of carbonyl (C=O) groups excluding carboxylic acids is 2. The number of carbonyl (C=O) groups is 3. The summed E-state index contributed by atoms with van der Waals surface area (Å²) in [6, 6.07) is -2.62. The van der Waals surface area contributed by atoms with E-state index in [1.165, 1.54) is 244 Å². The summed E-state index contributed by atoms with van der Waals surface area (Å²) >= 11 is 0. The number of hydrogen-bond acceptors (Lipinski definition) is 20. The average molecular weight is 1500 g/mol. The maximum Gasteiger partial charge on any atom is 0.364 e. The van der Waals surface area contributed by atoms with Crippen LogP contribution in [0.1, 0.15) is 342 Å². The predicted octanol–water partition coefficient (Wildman–Crippen LogP) is 11.9. The molecule has 14 N–H and O–H groups in total. The van der Waals surface area contributed by atoms with Crippen molar-refractivity contribution in [3.8, 4) is 0 Å². The molecular weight excluding hydrogens is 1350 g/mol. The third kappa shape index (κ3) is 40.8. The Hall–Kier alpha value is -2.79. The molecular formula is C82H152N2O21. The number of hydrogen-bond donors (Lipinski definition) is 14. The molecule has 0 radical (unpaired) electrons. The Morgan fingerprint density at radius 2 is 0.895 bits per heavy atom. The standard InChI is InChI=1S/C82H152N2O21/c1-4-6-8-10-12-14-16-18-20-22-24-26-28-30-32-34-36-38-40-42-44-46-48-50-52-54-56-69(92)84-63(64(89)55-53-51-49-47-45-43-41-39-37-35-33-31-29-27-25-23-21-19-17-15-13-11-9-7-5-2)61-100-79-74(96)73(95)76(68(60-87)102-79)103-80-75(97)78(72(94)67(59-86)101-80)105-82(81(98)99)57-65(90)70(83-62(3)88)77(104-82)71(93)66(91)58-85/h30,32,53,55,63-68,70-80,85-87,89-91,93-97H,4-29,31,33-52,54,56-61H2,1-3H3,(H,83,88)(H,84,92)(H,98,99)/b32-30-,55-53+. The van der Waals surface area contributed by atoms with E-state index in [0.29, 0.717) is 12.8 Å². The van der Waals surface area contributed by atoms with Crippen molar-refractivity contribution in [1.29, 1.82) is 0 Å². The Labute approximate surface area is 632 Å². The molecule has 0 aromatic rings. The fourth-order valence-corrected chi connectivity index (χ4v) is 14.7. The van der Waals surface area contributed by atoms with E-state index in [0.717, 1.165) is 58.3 Å². The molecule has 3 aliphatic heterocycles. The van der Waals surface area contributed by atoms with Crippen LogP contribution in [0.4, 0.5) is 0 Å². The van der Waals surface area contributed by atoms with Gasteiger partial charge in [0.15, 0.2) is 12.6 Å². The van der Waals surface area contributed by atoms with Crippen molar-refractivity contribution in [2.75, 3.05) is 26.4 Å². The fourth-order valence-electron chi connectivity index (χ4n) is 14.7. The van der Waals surface area contributed by atoms with E-state index < -0.39 is 155 Å². The SMILES string of the molecule is CCCCCCCCCCCCCC/C=C\CCCCCCCCCCCCC(=O)NC(COC1OC(CO)C(OC2OC(CO)C(O)C(OC3(C(=O)O)CC(O)C(NC(C)=O)C(C(O)C(O)CO)O3)C2O)C(O)C1O)C(O)/C=C/CCCCCCCCCCCCCCCCCCCCCCCCC. The van der Waals surface area contributed by atoms with Gasteiger partial charge in [0, 0.05) is 19.8 Å². The summed E-state index contributed by atoms with van der Waals surface area (Å²) in [5.41, 5.74) is 0. The normalized spacial score (nSPS) is 26.3. The van der Waals surface area contributed by atoms with Gasteiger partial charge in [-0.3, -0.25) is 9.59 Å². The van der Waals surface area contributed by atoms with Crippen molar-refractivity contribution in [2.24, 2.45) is 0 Å². The number of nitrogens with one attached hydrogen (secondary N) is 2. The third-order valence-corrected chi connectivity index (χ3v) is 21.4. The molecule has 2 amide bonds. The number of unbranched alkanes of at least 4 members (excludes halogenated alkanes) is 45. The molecule has 18 unspecified atom stereocenters. The Balaban J connectivity index is 1.51. The number of rotatable bonds is 67. The van der Waals surface area contributed by atoms with Crippen molar-refractivity contribution >= 4 is 17.8 Å². The van der Waals surface area contributed by atoms with Crippen LogP contribution in [-0.4, -0.2) is 215 Å². The van der Waals surface area contributed by atoms with Gasteiger partial charge in [0.05, 0.1) is 50.7 Å². The second-order valence-electron chi connectivity index (χ2n) is 30.7. The lowest BCUT2D eigenvalue weighted by Crippen LogP contribution is -2.70. The van der Waals surface area contributed by atoms with E-state index in [1.807, 2.05) is 6.08 Å². The fraction of sp³-hybridized carbons (Fsp3) is 0.915. The minimum absolute atomic E-state index is 0.200. The Kier molecular flexibility index (Phi) is 55.9. The van der Waals surface area contributed by atoms with E-state index >= 15 is 0 Å². The van der Waals surface area contributed by atoms with Crippen LogP contribution in [0.2, 0.25) is 0 Å². The van der Waals surface area contributed by atoms with E-state index in [1.54, 1.807) is 6.08 Å². The Morgan fingerprint density at radius 1 is 0.495 bits per heavy atom. The van der Waals surface area contributed by atoms with Gasteiger partial charge >= 0.3 is 5.97 Å². The van der Waals surface area contributed by atoms with Crippen molar-refractivity contribution in [3.63, 3.8) is 0 Å². The number of aliphatic hydroxyl groups is 11. The lowest BCUT2D eigenvalue weighted by atomic mass is 9.88. The summed E-state index contributed by atoms with van der Waals surface area (Å²) in [7, 11) is 0.